The van der Waals surface area contributed by atoms with E-state index in [-0.39, 0.29) is 5.78 Å². The van der Waals surface area contributed by atoms with E-state index in [1.807, 2.05) is 12.1 Å². The number of anilines is 1. The van der Waals surface area contributed by atoms with Gasteiger partial charge in [-0.2, -0.15) is 0 Å². The summed E-state index contributed by atoms with van der Waals surface area (Å²) in [5, 5.41) is 9.02. The Balaban J connectivity index is 1.46. The van der Waals surface area contributed by atoms with Crippen LogP contribution in [0.2, 0.25) is 0 Å². The first kappa shape index (κ1) is 18.1. The van der Waals surface area contributed by atoms with Gasteiger partial charge in [-0.1, -0.05) is 0 Å². The van der Waals surface area contributed by atoms with Crippen LogP contribution in [0.4, 0.5) is 5.82 Å². The van der Waals surface area contributed by atoms with Crippen molar-refractivity contribution < 1.29 is 4.79 Å². The summed E-state index contributed by atoms with van der Waals surface area (Å²) in [6, 6.07) is 3.82. The highest BCUT2D eigenvalue weighted by Crippen LogP contribution is 2.28. The fourth-order valence-corrected chi connectivity index (χ4v) is 4.19. The van der Waals surface area contributed by atoms with Crippen molar-refractivity contribution in [2.75, 3.05) is 31.1 Å². The quantitative estimate of drug-likeness (QED) is 0.755. The average Bonchev–Trinajstić information content (AvgIpc) is 3.33. The largest absolute Gasteiger partial charge is 0.356 e. The Morgan fingerprint density at radius 3 is 2.67 bits per heavy atom. The molecular weight excluding hydrogens is 340 g/mol. The van der Waals surface area contributed by atoms with Crippen LogP contribution in [0.3, 0.4) is 0 Å². The number of carbonyl (C=O) groups is 1. The Labute approximate surface area is 160 Å². The molecule has 2 aliphatic heterocycles. The third-order valence-corrected chi connectivity index (χ3v) is 5.83. The molecule has 0 N–H and O–H groups in total. The zero-order valence-corrected chi connectivity index (χ0v) is 16.3. The number of piperidine rings is 1. The second-order valence-corrected chi connectivity index (χ2v) is 7.76. The van der Waals surface area contributed by atoms with Gasteiger partial charge in [-0.25, -0.2) is 4.98 Å². The summed E-state index contributed by atoms with van der Waals surface area (Å²) in [5.41, 5.74) is 0.659. The van der Waals surface area contributed by atoms with Crippen LogP contribution < -0.4 is 4.90 Å². The second-order valence-electron chi connectivity index (χ2n) is 7.76. The van der Waals surface area contributed by atoms with Gasteiger partial charge in [0, 0.05) is 37.8 Å². The number of hydrogen-bond acceptors (Lipinski definition) is 6. The summed E-state index contributed by atoms with van der Waals surface area (Å²) >= 11 is 0. The van der Waals surface area contributed by atoms with Crippen molar-refractivity contribution in [3.05, 3.63) is 35.5 Å². The molecule has 27 heavy (non-hydrogen) atoms. The fraction of sp³-hybridized carbons (Fsp3) is 0.600. The van der Waals surface area contributed by atoms with E-state index < -0.39 is 0 Å². The number of ketones is 1. The van der Waals surface area contributed by atoms with Gasteiger partial charge in [0.05, 0.1) is 6.54 Å². The number of carbonyl (C=O) groups excluding carboxylic acids is 1. The van der Waals surface area contributed by atoms with Crippen LogP contribution in [-0.2, 0) is 13.6 Å². The molecule has 4 heterocycles. The van der Waals surface area contributed by atoms with Gasteiger partial charge in [-0.15, -0.1) is 10.2 Å². The fourth-order valence-electron chi connectivity index (χ4n) is 4.19. The highest BCUT2D eigenvalue weighted by atomic mass is 16.1. The number of likely N-dealkylation sites (tertiary alicyclic amines) is 1. The summed E-state index contributed by atoms with van der Waals surface area (Å²) in [6.45, 7) is 6.68. The van der Waals surface area contributed by atoms with Gasteiger partial charge in [-0.05, 0) is 57.8 Å². The molecule has 2 aliphatic rings. The molecule has 7 heteroatoms. The molecule has 0 bridgehead atoms. The summed E-state index contributed by atoms with van der Waals surface area (Å²) < 4.78 is 2.19. The van der Waals surface area contributed by atoms with E-state index in [1.54, 1.807) is 13.1 Å². The molecule has 2 fully saturated rings. The standard InChI is InChI=1S/C20H28N6O/c1-15(27)16-7-8-18(21-12-16)26-11-5-6-17(13-26)20-23-22-19(24(20)2)14-25-9-3-4-10-25/h7-8,12,17H,3-6,9-11,13-14H2,1-2H3/t17-/m1/s1. The van der Waals surface area contributed by atoms with Gasteiger partial charge >= 0.3 is 0 Å². The van der Waals surface area contributed by atoms with E-state index in [2.05, 4.69) is 36.6 Å². The van der Waals surface area contributed by atoms with Crippen molar-refractivity contribution in [3.8, 4) is 0 Å². The molecule has 7 nitrogen and oxygen atoms in total. The molecule has 144 valence electrons. The lowest BCUT2D eigenvalue weighted by Crippen LogP contribution is -2.36. The van der Waals surface area contributed by atoms with Crippen LogP contribution in [0.5, 0.6) is 0 Å². The number of aromatic nitrogens is 4. The molecule has 0 spiro atoms. The molecule has 1 atom stereocenters. The Hall–Kier alpha value is -2.28. The number of nitrogens with zero attached hydrogens (tertiary/aromatic N) is 6. The van der Waals surface area contributed by atoms with Gasteiger partial charge < -0.3 is 9.47 Å². The molecule has 0 aliphatic carbocycles. The maximum atomic E-state index is 11.5. The highest BCUT2D eigenvalue weighted by Gasteiger charge is 2.27. The monoisotopic (exact) mass is 368 g/mol. The van der Waals surface area contributed by atoms with Crippen molar-refractivity contribution in [3.63, 3.8) is 0 Å². The molecule has 2 saturated heterocycles. The van der Waals surface area contributed by atoms with Crippen molar-refractivity contribution in [2.24, 2.45) is 7.05 Å². The average molecular weight is 368 g/mol. The van der Waals surface area contributed by atoms with Crippen LogP contribution in [0.15, 0.2) is 18.3 Å². The number of pyridine rings is 1. The van der Waals surface area contributed by atoms with Crippen LogP contribution in [-0.4, -0.2) is 56.6 Å². The minimum atomic E-state index is 0.0511. The molecule has 0 radical (unpaired) electrons. The van der Waals surface area contributed by atoms with Gasteiger partial charge in [-0.3, -0.25) is 9.69 Å². The lowest BCUT2D eigenvalue weighted by Gasteiger charge is -2.33. The number of hydrogen-bond donors (Lipinski definition) is 0. The Kier molecular flexibility index (Phi) is 5.20. The van der Waals surface area contributed by atoms with Crippen molar-refractivity contribution in [2.45, 2.75) is 45.1 Å². The normalized spacial score (nSPS) is 21.0. The van der Waals surface area contributed by atoms with Crippen molar-refractivity contribution in [1.82, 2.24) is 24.6 Å². The van der Waals surface area contributed by atoms with Crippen LogP contribution in [0.1, 0.15) is 60.5 Å². The molecule has 2 aromatic rings. The lowest BCUT2D eigenvalue weighted by molar-refractivity contribution is 0.101. The lowest BCUT2D eigenvalue weighted by atomic mass is 9.97. The minimum absolute atomic E-state index is 0.0511. The summed E-state index contributed by atoms with van der Waals surface area (Å²) in [5.74, 6) is 3.49. The first-order chi connectivity index (χ1) is 13.1. The summed E-state index contributed by atoms with van der Waals surface area (Å²) in [4.78, 5) is 20.7. The van der Waals surface area contributed by atoms with E-state index in [4.69, 9.17) is 0 Å². The Morgan fingerprint density at radius 1 is 1.15 bits per heavy atom. The number of Topliss-reactive ketones (excluding diaryl/α,β-unsaturated/α-hetero) is 1. The zero-order chi connectivity index (χ0) is 18.8. The van der Waals surface area contributed by atoms with E-state index in [1.165, 1.54) is 25.9 Å². The SMILES string of the molecule is CC(=O)c1ccc(N2CCC[C@@H](c3nnc(CN4CCCC4)n3C)C2)nc1. The van der Waals surface area contributed by atoms with Gasteiger partial charge in [0.15, 0.2) is 5.78 Å². The molecule has 0 saturated carbocycles. The summed E-state index contributed by atoms with van der Waals surface area (Å²) in [7, 11) is 2.10. The predicted octanol–water partition coefficient (Wildman–Crippen LogP) is 2.39. The molecule has 0 aromatic carbocycles. The van der Waals surface area contributed by atoms with Crippen molar-refractivity contribution >= 4 is 11.6 Å². The number of rotatable bonds is 5. The Bertz CT molecular complexity index is 793. The smallest absolute Gasteiger partial charge is 0.161 e. The Morgan fingerprint density at radius 2 is 1.96 bits per heavy atom. The third-order valence-electron chi connectivity index (χ3n) is 5.83. The van der Waals surface area contributed by atoms with Crippen molar-refractivity contribution in [1.29, 1.82) is 0 Å². The van der Waals surface area contributed by atoms with E-state index in [9.17, 15) is 4.79 Å². The predicted molar refractivity (Wildman–Crippen MR) is 104 cm³/mol. The van der Waals surface area contributed by atoms with Crippen LogP contribution in [0.25, 0.3) is 0 Å². The molecule has 0 amide bonds. The molecular formula is C20H28N6O. The molecule has 2 aromatic heterocycles. The van der Waals surface area contributed by atoms with E-state index >= 15 is 0 Å². The maximum Gasteiger partial charge on any atom is 0.161 e. The van der Waals surface area contributed by atoms with E-state index in [0.717, 1.165) is 49.9 Å². The topological polar surface area (TPSA) is 67.2 Å². The summed E-state index contributed by atoms with van der Waals surface area (Å²) in [6.07, 6.45) is 6.49. The van der Waals surface area contributed by atoms with Gasteiger partial charge in [0.2, 0.25) is 0 Å². The van der Waals surface area contributed by atoms with Gasteiger partial charge in [0.1, 0.15) is 17.5 Å². The third kappa shape index (κ3) is 3.88. The molecule has 0 unspecified atom stereocenters. The highest BCUT2D eigenvalue weighted by molar-refractivity contribution is 5.93. The molecule has 4 rings (SSSR count). The maximum absolute atomic E-state index is 11.5. The first-order valence-electron chi connectivity index (χ1n) is 9.94. The minimum Gasteiger partial charge on any atom is -0.356 e. The van der Waals surface area contributed by atoms with Gasteiger partial charge in [0.25, 0.3) is 0 Å². The zero-order valence-electron chi connectivity index (χ0n) is 16.3. The first-order valence-corrected chi connectivity index (χ1v) is 9.94. The van der Waals surface area contributed by atoms with E-state index in [0.29, 0.717) is 11.5 Å². The van der Waals surface area contributed by atoms with Crippen LogP contribution in [0, 0.1) is 0 Å². The second kappa shape index (κ2) is 7.76. The van der Waals surface area contributed by atoms with Crippen LogP contribution >= 0.6 is 0 Å².